The summed E-state index contributed by atoms with van der Waals surface area (Å²) in [6.45, 7) is 2.96. The Hall–Kier alpha value is -0.320. The molecule has 0 bridgehead atoms. The maximum atomic E-state index is 11.1. The van der Waals surface area contributed by atoms with Gasteiger partial charge in [0, 0.05) is 26.2 Å². The third-order valence-corrected chi connectivity index (χ3v) is 2.45. The quantitative estimate of drug-likeness (QED) is 0.602. The Morgan fingerprint density at radius 3 is 2.75 bits per heavy atom. The summed E-state index contributed by atoms with van der Waals surface area (Å²) in [5.74, 6) is 0.923. The molecule has 4 nitrogen and oxygen atoms in total. The van der Waals surface area contributed by atoms with E-state index in [1.165, 1.54) is 12.8 Å². The van der Waals surface area contributed by atoms with Gasteiger partial charge < -0.3 is 15.8 Å². The molecule has 0 spiro atoms. The molecule has 0 saturated heterocycles. The molecule has 1 rings (SSSR count). The van der Waals surface area contributed by atoms with Crippen LogP contribution in [0, 0.1) is 5.92 Å². The van der Waals surface area contributed by atoms with Crippen molar-refractivity contribution in [3.8, 4) is 0 Å². The Bertz CT molecular complexity index is 187. The van der Waals surface area contributed by atoms with Crippen molar-refractivity contribution in [1.29, 1.82) is 0 Å². The summed E-state index contributed by atoms with van der Waals surface area (Å²) >= 11 is 0. The molecule has 1 saturated carbocycles. The summed E-state index contributed by atoms with van der Waals surface area (Å²) in [5, 5.41) is 2.85. The Morgan fingerprint density at radius 2 is 2.12 bits per heavy atom. The van der Waals surface area contributed by atoms with Crippen LogP contribution >= 0.6 is 12.4 Å². The van der Waals surface area contributed by atoms with Crippen LogP contribution in [0.25, 0.3) is 0 Å². The average Bonchev–Trinajstić information content (AvgIpc) is 3.04. The van der Waals surface area contributed by atoms with E-state index >= 15 is 0 Å². The summed E-state index contributed by atoms with van der Waals surface area (Å²) < 4.78 is 5.45. The molecule has 1 aliphatic carbocycles. The fourth-order valence-corrected chi connectivity index (χ4v) is 1.29. The zero-order valence-electron chi connectivity index (χ0n) is 9.74. The molecular formula is C11H23ClN2O2. The van der Waals surface area contributed by atoms with E-state index in [1.54, 1.807) is 0 Å². The lowest BCUT2D eigenvalue weighted by Crippen LogP contribution is -2.25. The van der Waals surface area contributed by atoms with Gasteiger partial charge in [0.25, 0.3) is 0 Å². The molecule has 16 heavy (non-hydrogen) atoms. The van der Waals surface area contributed by atoms with E-state index in [0.29, 0.717) is 19.5 Å². The number of halogens is 1. The van der Waals surface area contributed by atoms with Crippen molar-refractivity contribution in [3.63, 3.8) is 0 Å². The second-order valence-corrected chi connectivity index (χ2v) is 4.11. The number of carbonyl (C=O) groups is 1. The van der Waals surface area contributed by atoms with Crippen molar-refractivity contribution >= 4 is 18.3 Å². The lowest BCUT2D eigenvalue weighted by molar-refractivity contribution is -0.121. The standard InChI is InChI=1S/C11H22N2O2.ClH/c12-6-1-3-11(14)13-7-2-8-15-9-10-4-5-10;/h10H,1-9,12H2,(H,13,14);1H. The highest BCUT2D eigenvalue weighted by molar-refractivity contribution is 5.85. The summed E-state index contributed by atoms with van der Waals surface area (Å²) in [5.41, 5.74) is 5.31. The fourth-order valence-electron chi connectivity index (χ4n) is 1.29. The van der Waals surface area contributed by atoms with Crippen LogP contribution in [0.1, 0.15) is 32.1 Å². The molecule has 5 heteroatoms. The van der Waals surface area contributed by atoms with E-state index in [1.807, 2.05) is 0 Å². The first-order chi connectivity index (χ1) is 7.33. The van der Waals surface area contributed by atoms with Gasteiger partial charge in [0.15, 0.2) is 0 Å². The third kappa shape index (κ3) is 8.95. The van der Waals surface area contributed by atoms with Gasteiger partial charge in [-0.2, -0.15) is 0 Å². The van der Waals surface area contributed by atoms with Gasteiger partial charge in [-0.25, -0.2) is 0 Å². The highest BCUT2D eigenvalue weighted by atomic mass is 35.5. The van der Waals surface area contributed by atoms with Crippen LogP contribution in [0.3, 0.4) is 0 Å². The number of rotatable bonds is 9. The minimum absolute atomic E-state index is 0. The summed E-state index contributed by atoms with van der Waals surface area (Å²) in [6, 6.07) is 0. The van der Waals surface area contributed by atoms with Crippen LogP contribution in [0.5, 0.6) is 0 Å². The molecule has 0 aromatic heterocycles. The van der Waals surface area contributed by atoms with Crippen molar-refractivity contribution in [2.75, 3.05) is 26.3 Å². The normalized spacial score (nSPS) is 14.3. The zero-order chi connectivity index (χ0) is 10.9. The van der Waals surface area contributed by atoms with Crippen molar-refractivity contribution in [1.82, 2.24) is 5.32 Å². The molecular weight excluding hydrogens is 228 g/mol. The van der Waals surface area contributed by atoms with Crippen LogP contribution in [-0.2, 0) is 9.53 Å². The Labute approximate surface area is 104 Å². The van der Waals surface area contributed by atoms with Crippen molar-refractivity contribution in [2.45, 2.75) is 32.1 Å². The van der Waals surface area contributed by atoms with Gasteiger partial charge in [0.1, 0.15) is 0 Å². The van der Waals surface area contributed by atoms with E-state index in [4.69, 9.17) is 10.5 Å². The van der Waals surface area contributed by atoms with E-state index < -0.39 is 0 Å². The lowest BCUT2D eigenvalue weighted by Gasteiger charge is -2.05. The molecule has 1 amide bonds. The largest absolute Gasteiger partial charge is 0.381 e. The van der Waals surface area contributed by atoms with Gasteiger partial charge in [-0.05, 0) is 38.1 Å². The van der Waals surface area contributed by atoms with Crippen molar-refractivity contribution in [3.05, 3.63) is 0 Å². The fraction of sp³-hybridized carbons (Fsp3) is 0.909. The molecule has 0 aromatic rings. The number of nitrogens with two attached hydrogens (primary N) is 1. The number of ether oxygens (including phenoxy) is 1. The molecule has 0 aliphatic heterocycles. The highest BCUT2D eigenvalue weighted by Crippen LogP contribution is 2.28. The first-order valence-corrected chi connectivity index (χ1v) is 5.87. The molecule has 96 valence electrons. The Morgan fingerprint density at radius 1 is 1.38 bits per heavy atom. The smallest absolute Gasteiger partial charge is 0.220 e. The highest BCUT2D eigenvalue weighted by Gasteiger charge is 2.20. The maximum absolute atomic E-state index is 11.1. The van der Waals surface area contributed by atoms with Gasteiger partial charge >= 0.3 is 0 Å². The van der Waals surface area contributed by atoms with E-state index in [0.717, 1.165) is 32.0 Å². The summed E-state index contributed by atoms with van der Waals surface area (Å²) in [6.07, 6.45) is 4.87. The van der Waals surface area contributed by atoms with E-state index in [-0.39, 0.29) is 18.3 Å². The average molecular weight is 251 g/mol. The summed E-state index contributed by atoms with van der Waals surface area (Å²) in [7, 11) is 0. The molecule has 3 N–H and O–H groups in total. The molecule has 1 fully saturated rings. The van der Waals surface area contributed by atoms with Gasteiger partial charge in [0.05, 0.1) is 0 Å². The van der Waals surface area contributed by atoms with Crippen LogP contribution in [0.2, 0.25) is 0 Å². The van der Waals surface area contributed by atoms with Crippen LogP contribution in [0.4, 0.5) is 0 Å². The van der Waals surface area contributed by atoms with Crippen molar-refractivity contribution < 1.29 is 9.53 Å². The second-order valence-electron chi connectivity index (χ2n) is 4.11. The number of amides is 1. The predicted octanol–water partition coefficient (Wildman–Crippen LogP) is 1.08. The van der Waals surface area contributed by atoms with Gasteiger partial charge in [-0.1, -0.05) is 0 Å². The molecule has 0 atom stereocenters. The number of hydrogen-bond acceptors (Lipinski definition) is 3. The minimum atomic E-state index is 0. The molecule has 0 radical (unpaired) electrons. The zero-order valence-corrected chi connectivity index (χ0v) is 10.6. The SMILES string of the molecule is Cl.NCCCC(=O)NCCCOCC1CC1. The first-order valence-electron chi connectivity index (χ1n) is 5.87. The number of nitrogens with one attached hydrogen (secondary N) is 1. The molecule has 0 aromatic carbocycles. The predicted molar refractivity (Wildman–Crippen MR) is 66.7 cm³/mol. The number of carbonyl (C=O) groups excluding carboxylic acids is 1. The van der Waals surface area contributed by atoms with Gasteiger partial charge in [-0.15, -0.1) is 12.4 Å². The summed E-state index contributed by atoms with van der Waals surface area (Å²) in [4.78, 5) is 11.1. The monoisotopic (exact) mass is 250 g/mol. The molecule has 1 aliphatic rings. The third-order valence-electron chi connectivity index (χ3n) is 2.45. The minimum Gasteiger partial charge on any atom is -0.381 e. The van der Waals surface area contributed by atoms with Crippen LogP contribution < -0.4 is 11.1 Å². The van der Waals surface area contributed by atoms with E-state index in [9.17, 15) is 4.79 Å². The van der Waals surface area contributed by atoms with Crippen molar-refractivity contribution in [2.24, 2.45) is 11.7 Å². The maximum Gasteiger partial charge on any atom is 0.220 e. The molecule has 0 heterocycles. The number of hydrogen-bond donors (Lipinski definition) is 2. The van der Waals surface area contributed by atoms with Gasteiger partial charge in [-0.3, -0.25) is 4.79 Å². The van der Waals surface area contributed by atoms with Crippen LogP contribution in [0.15, 0.2) is 0 Å². The lowest BCUT2D eigenvalue weighted by atomic mass is 10.3. The topological polar surface area (TPSA) is 64.4 Å². The van der Waals surface area contributed by atoms with Crippen LogP contribution in [-0.4, -0.2) is 32.2 Å². The molecule has 0 unspecified atom stereocenters. The first kappa shape index (κ1) is 15.7. The van der Waals surface area contributed by atoms with E-state index in [2.05, 4.69) is 5.32 Å². The van der Waals surface area contributed by atoms with Gasteiger partial charge in [0.2, 0.25) is 5.91 Å². The second kappa shape index (κ2) is 9.87. The Kier molecular flexibility index (Phi) is 9.68. The Balaban J connectivity index is 0.00000225.